The average molecular weight is 299 g/mol. The van der Waals surface area contributed by atoms with Crippen LogP contribution < -0.4 is 5.11 Å². The van der Waals surface area contributed by atoms with Gasteiger partial charge in [-0.25, -0.2) is 0 Å². The molecule has 0 radical (unpaired) electrons. The van der Waals surface area contributed by atoms with Gasteiger partial charge in [-0.05, 0) is 18.6 Å². The Labute approximate surface area is 127 Å². The summed E-state index contributed by atoms with van der Waals surface area (Å²) in [5.41, 5.74) is 0.0962. The van der Waals surface area contributed by atoms with Gasteiger partial charge in [0.2, 0.25) is 5.91 Å². The second-order valence-corrected chi connectivity index (χ2v) is 6.15. The van der Waals surface area contributed by atoms with E-state index >= 15 is 0 Å². The summed E-state index contributed by atoms with van der Waals surface area (Å²) in [5, 5.41) is 11.4. The number of likely N-dealkylation sites (tertiary alicyclic amines) is 1. The van der Waals surface area contributed by atoms with Crippen molar-refractivity contribution < 1.29 is 19.4 Å². The fraction of sp³-hybridized carbons (Fsp3) is 0.438. The molecule has 1 aromatic rings. The van der Waals surface area contributed by atoms with Crippen molar-refractivity contribution in [2.45, 2.75) is 24.7 Å². The number of pyridine rings is 1. The normalized spacial score (nSPS) is 36.7. The minimum atomic E-state index is -1.22. The molecule has 6 nitrogen and oxygen atoms in total. The third-order valence-corrected chi connectivity index (χ3v) is 5.04. The van der Waals surface area contributed by atoms with Gasteiger partial charge < -0.3 is 19.5 Å². The van der Waals surface area contributed by atoms with Gasteiger partial charge in [0.1, 0.15) is 5.60 Å². The first kappa shape index (κ1) is 13.5. The monoisotopic (exact) mass is 299 g/mol. The van der Waals surface area contributed by atoms with E-state index in [0.717, 1.165) is 5.56 Å². The third-order valence-electron chi connectivity index (χ3n) is 5.04. The molecule has 1 aromatic heterocycles. The lowest BCUT2D eigenvalue weighted by Gasteiger charge is -2.27. The quantitative estimate of drug-likeness (QED) is 0.714. The number of rotatable bonds is 3. The number of fused-ring (bicyclic) bond motifs is 1. The zero-order valence-corrected chi connectivity index (χ0v) is 12.0. The van der Waals surface area contributed by atoms with Crippen LogP contribution in [0.2, 0.25) is 0 Å². The summed E-state index contributed by atoms with van der Waals surface area (Å²) in [6.45, 7) is 2.28. The molecular weight excluding hydrogens is 284 g/mol. The van der Waals surface area contributed by atoms with E-state index in [4.69, 9.17) is 4.74 Å². The number of amides is 1. The Morgan fingerprint density at radius 3 is 3.09 bits per heavy atom. The van der Waals surface area contributed by atoms with Crippen LogP contribution >= 0.6 is 0 Å². The topological polar surface area (TPSA) is 82.6 Å². The summed E-state index contributed by atoms with van der Waals surface area (Å²) in [5.74, 6) is -2.99. The molecule has 2 bridgehead atoms. The van der Waals surface area contributed by atoms with Gasteiger partial charge in [-0.3, -0.25) is 9.78 Å². The van der Waals surface area contributed by atoms with Gasteiger partial charge >= 0.3 is 0 Å². The second kappa shape index (κ2) is 4.39. The molecule has 4 heterocycles. The van der Waals surface area contributed by atoms with Gasteiger partial charge in [-0.1, -0.05) is 18.2 Å². The minimum absolute atomic E-state index is 0.181. The smallest absolute Gasteiger partial charge is 0.230 e. The van der Waals surface area contributed by atoms with Gasteiger partial charge in [-0.2, -0.15) is 0 Å². The average Bonchev–Trinajstić information content (AvgIpc) is 3.15. The Morgan fingerprint density at radius 1 is 1.59 bits per heavy atom. The molecule has 1 spiro atoms. The van der Waals surface area contributed by atoms with Crippen LogP contribution in [0.3, 0.4) is 0 Å². The van der Waals surface area contributed by atoms with Crippen molar-refractivity contribution in [1.29, 1.82) is 0 Å². The molecule has 2 saturated heterocycles. The summed E-state index contributed by atoms with van der Waals surface area (Å²) in [6, 6.07) is 3.54. The number of ether oxygens (including phenoxy) is 1. The van der Waals surface area contributed by atoms with Crippen LogP contribution in [0.5, 0.6) is 0 Å². The lowest BCUT2D eigenvalue weighted by molar-refractivity contribution is -0.313. The number of hydrogen-bond donors (Lipinski definition) is 0. The lowest BCUT2D eigenvalue weighted by atomic mass is 9.77. The largest absolute Gasteiger partial charge is 0.550 e. The molecule has 4 rings (SSSR count). The van der Waals surface area contributed by atoms with Gasteiger partial charge in [0.25, 0.3) is 0 Å². The lowest BCUT2D eigenvalue weighted by Crippen LogP contribution is -2.45. The molecule has 6 heteroatoms. The highest BCUT2D eigenvalue weighted by Gasteiger charge is 2.65. The highest BCUT2D eigenvalue weighted by Crippen LogP contribution is 2.52. The fourth-order valence-corrected chi connectivity index (χ4v) is 3.93. The SMILES string of the molecule is C[C@@H](c1cccnc1)N1C[C@@]23C=C[C@@H](O2)[C@H](C(=O)[O-])[C@@H]3C1=O. The zero-order chi connectivity index (χ0) is 15.5. The Bertz CT molecular complexity index is 674. The van der Waals surface area contributed by atoms with Crippen molar-refractivity contribution in [3.63, 3.8) is 0 Å². The van der Waals surface area contributed by atoms with Crippen molar-refractivity contribution in [3.05, 3.63) is 42.2 Å². The number of carbonyl (C=O) groups excluding carboxylic acids is 2. The summed E-state index contributed by atoms with van der Waals surface area (Å²) in [7, 11) is 0. The molecule has 1 amide bonds. The highest BCUT2D eigenvalue weighted by atomic mass is 16.5. The number of carboxylic acids is 1. The van der Waals surface area contributed by atoms with Gasteiger partial charge in [0.05, 0.1) is 24.6 Å². The fourth-order valence-electron chi connectivity index (χ4n) is 3.93. The maximum Gasteiger partial charge on any atom is 0.230 e. The molecule has 2 fully saturated rings. The van der Waals surface area contributed by atoms with Crippen LogP contribution in [-0.2, 0) is 14.3 Å². The van der Waals surface area contributed by atoms with Crippen molar-refractivity contribution in [3.8, 4) is 0 Å². The minimum Gasteiger partial charge on any atom is -0.550 e. The number of aromatic nitrogens is 1. The Morgan fingerprint density at radius 2 is 2.41 bits per heavy atom. The number of aliphatic carboxylic acids is 1. The summed E-state index contributed by atoms with van der Waals surface area (Å²) < 4.78 is 5.83. The van der Waals surface area contributed by atoms with Gasteiger partial charge in [0, 0.05) is 24.3 Å². The zero-order valence-electron chi connectivity index (χ0n) is 12.0. The van der Waals surface area contributed by atoms with Crippen LogP contribution in [0.1, 0.15) is 18.5 Å². The first-order valence-electron chi connectivity index (χ1n) is 7.32. The molecule has 0 saturated carbocycles. The maximum absolute atomic E-state index is 12.8. The standard InChI is InChI=1S/C16H16N2O4/c1-9(10-3-2-6-17-7-10)18-8-16-5-4-11(22-16)12(15(20)21)13(16)14(18)19/h2-7,9,11-13H,8H2,1H3,(H,20,21)/p-1/t9-,11+,12-,13+,16+/m0/s1. The number of nitrogens with zero attached hydrogens (tertiary/aromatic N) is 2. The van der Waals surface area contributed by atoms with Crippen LogP contribution in [0.4, 0.5) is 0 Å². The second-order valence-electron chi connectivity index (χ2n) is 6.15. The van der Waals surface area contributed by atoms with Crippen LogP contribution in [0.25, 0.3) is 0 Å². The van der Waals surface area contributed by atoms with E-state index in [0.29, 0.717) is 6.54 Å². The van der Waals surface area contributed by atoms with E-state index in [2.05, 4.69) is 4.98 Å². The van der Waals surface area contributed by atoms with E-state index < -0.39 is 29.5 Å². The predicted molar refractivity (Wildman–Crippen MR) is 73.1 cm³/mol. The molecule has 0 aromatic carbocycles. The molecule has 0 N–H and O–H groups in total. The first-order valence-corrected chi connectivity index (χ1v) is 7.32. The molecule has 0 aliphatic carbocycles. The maximum atomic E-state index is 12.8. The molecule has 3 aliphatic heterocycles. The molecule has 5 atom stereocenters. The van der Waals surface area contributed by atoms with Crippen molar-refractivity contribution in [2.24, 2.45) is 11.8 Å². The summed E-state index contributed by atoms with van der Waals surface area (Å²) >= 11 is 0. The third kappa shape index (κ3) is 1.61. The first-order chi connectivity index (χ1) is 10.5. The van der Waals surface area contributed by atoms with Crippen molar-refractivity contribution in [2.75, 3.05) is 6.54 Å². The van der Waals surface area contributed by atoms with Crippen LogP contribution in [-0.4, -0.2) is 40.0 Å². The number of hydrogen-bond acceptors (Lipinski definition) is 5. The number of carbonyl (C=O) groups is 2. The van der Waals surface area contributed by atoms with E-state index in [9.17, 15) is 14.7 Å². The number of carboxylic acid groups (broad SMARTS) is 1. The van der Waals surface area contributed by atoms with Gasteiger partial charge in [-0.15, -0.1) is 0 Å². The Hall–Kier alpha value is -2.21. The predicted octanol–water partition coefficient (Wildman–Crippen LogP) is -0.326. The van der Waals surface area contributed by atoms with Crippen LogP contribution in [0.15, 0.2) is 36.7 Å². The summed E-state index contributed by atoms with van der Waals surface area (Å²) in [4.78, 5) is 30.0. The van der Waals surface area contributed by atoms with Crippen LogP contribution in [0, 0.1) is 11.8 Å². The molecule has 22 heavy (non-hydrogen) atoms. The molecule has 0 unspecified atom stereocenters. The van der Waals surface area contributed by atoms with Crippen molar-refractivity contribution in [1.82, 2.24) is 9.88 Å². The Balaban J connectivity index is 1.68. The van der Waals surface area contributed by atoms with Gasteiger partial charge in [0.15, 0.2) is 0 Å². The van der Waals surface area contributed by atoms with Crippen molar-refractivity contribution >= 4 is 11.9 Å². The molecule has 114 valence electrons. The van der Waals surface area contributed by atoms with E-state index in [1.54, 1.807) is 23.4 Å². The highest BCUT2D eigenvalue weighted by molar-refractivity contribution is 5.90. The Kier molecular flexibility index (Phi) is 2.69. The van der Waals surface area contributed by atoms with E-state index in [-0.39, 0.29) is 11.9 Å². The molecular formula is C16H15N2O4-. The van der Waals surface area contributed by atoms with E-state index in [1.807, 2.05) is 25.1 Å². The summed E-state index contributed by atoms with van der Waals surface area (Å²) in [6.07, 6.45) is 6.43. The van der Waals surface area contributed by atoms with E-state index in [1.165, 1.54) is 0 Å². The molecule has 3 aliphatic rings.